The average molecular weight is 312 g/mol. The summed E-state index contributed by atoms with van der Waals surface area (Å²) in [7, 11) is 0. The fourth-order valence-corrected chi connectivity index (χ4v) is 1.72. The van der Waals surface area contributed by atoms with Crippen LogP contribution in [-0.4, -0.2) is 17.7 Å². The van der Waals surface area contributed by atoms with Crippen LogP contribution >= 0.6 is 15.9 Å². The third kappa shape index (κ3) is 4.04. The summed E-state index contributed by atoms with van der Waals surface area (Å²) in [6.07, 6.45) is 0.608. The molecular formula is C13H14BrNO3. The van der Waals surface area contributed by atoms with Crippen LogP contribution in [0.3, 0.4) is 0 Å². The Morgan fingerprint density at radius 2 is 2.22 bits per heavy atom. The van der Waals surface area contributed by atoms with Gasteiger partial charge in [-0.15, -0.1) is 0 Å². The summed E-state index contributed by atoms with van der Waals surface area (Å²) in [6, 6.07) is 6.78. The second-order valence-corrected chi connectivity index (χ2v) is 5.40. The molecule has 0 aliphatic carbocycles. The second-order valence-electron chi connectivity index (χ2n) is 4.54. The molecule has 0 aliphatic rings. The Morgan fingerprint density at radius 1 is 1.56 bits per heavy atom. The van der Waals surface area contributed by atoms with Crippen molar-refractivity contribution in [2.45, 2.75) is 20.3 Å². The van der Waals surface area contributed by atoms with Gasteiger partial charge in [0.25, 0.3) is 0 Å². The van der Waals surface area contributed by atoms with Crippen LogP contribution in [-0.2, 0) is 0 Å². The maximum Gasteiger partial charge on any atom is 0.335 e. The fraction of sp³-hybridized carbons (Fsp3) is 0.385. The van der Waals surface area contributed by atoms with Crippen LogP contribution in [0.2, 0.25) is 0 Å². The lowest BCUT2D eigenvalue weighted by molar-refractivity contribution is 0.0697. The van der Waals surface area contributed by atoms with Gasteiger partial charge >= 0.3 is 5.97 Å². The van der Waals surface area contributed by atoms with Gasteiger partial charge in [-0.3, -0.25) is 0 Å². The van der Waals surface area contributed by atoms with E-state index >= 15 is 0 Å². The van der Waals surface area contributed by atoms with Crippen molar-refractivity contribution in [2.24, 2.45) is 5.41 Å². The van der Waals surface area contributed by atoms with E-state index in [1.54, 1.807) is 6.07 Å². The highest BCUT2D eigenvalue weighted by Gasteiger charge is 2.16. The highest BCUT2D eigenvalue weighted by atomic mass is 79.9. The number of halogens is 1. The second kappa shape index (κ2) is 5.87. The molecule has 0 aliphatic heterocycles. The number of rotatable bonds is 5. The number of nitrogens with zero attached hydrogens (tertiary/aromatic N) is 1. The first kappa shape index (κ1) is 14.5. The lowest BCUT2D eigenvalue weighted by atomic mass is 9.92. The maximum atomic E-state index is 10.8. The van der Waals surface area contributed by atoms with E-state index in [1.165, 1.54) is 12.1 Å². The smallest absolute Gasteiger partial charge is 0.335 e. The average Bonchev–Trinajstić information content (AvgIpc) is 2.31. The summed E-state index contributed by atoms with van der Waals surface area (Å²) < 4.78 is 6.11. The molecule has 0 saturated carbocycles. The molecule has 0 heterocycles. The van der Waals surface area contributed by atoms with Crippen molar-refractivity contribution in [2.75, 3.05) is 6.61 Å². The van der Waals surface area contributed by atoms with Crippen LogP contribution in [0.1, 0.15) is 30.6 Å². The monoisotopic (exact) mass is 311 g/mol. The van der Waals surface area contributed by atoms with Crippen LogP contribution in [0.15, 0.2) is 22.7 Å². The summed E-state index contributed by atoms with van der Waals surface area (Å²) in [5.74, 6) is -0.401. The normalized spacial score (nSPS) is 10.8. The van der Waals surface area contributed by atoms with Crippen molar-refractivity contribution in [1.82, 2.24) is 0 Å². The third-order valence-electron chi connectivity index (χ3n) is 2.47. The Bertz CT molecular complexity index is 491. The van der Waals surface area contributed by atoms with Crippen LogP contribution in [0.25, 0.3) is 0 Å². The van der Waals surface area contributed by atoms with E-state index in [4.69, 9.17) is 15.1 Å². The first-order chi connectivity index (χ1) is 8.35. The Balaban J connectivity index is 2.65. The minimum Gasteiger partial charge on any atom is -0.492 e. The van der Waals surface area contributed by atoms with Gasteiger partial charge in [-0.1, -0.05) is 0 Å². The number of hydrogen-bond acceptors (Lipinski definition) is 3. The van der Waals surface area contributed by atoms with E-state index in [2.05, 4.69) is 22.0 Å². The molecule has 1 N–H and O–H groups in total. The lowest BCUT2D eigenvalue weighted by Crippen LogP contribution is -2.13. The molecule has 0 saturated heterocycles. The lowest BCUT2D eigenvalue weighted by Gasteiger charge is -2.15. The van der Waals surface area contributed by atoms with Gasteiger partial charge in [-0.2, -0.15) is 5.26 Å². The Labute approximate surface area is 114 Å². The predicted molar refractivity (Wildman–Crippen MR) is 70.6 cm³/mol. The van der Waals surface area contributed by atoms with E-state index < -0.39 is 11.4 Å². The molecular weight excluding hydrogens is 298 g/mol. The number of carboxylic acid groups (broad SMARTS) is 1. The molecule has 1 aromatic rings. The van der Waals surface area contributed by atoms with Gasteiger partial charge in [-0.05, 0) is 54.4 Å². The summed E-state index contributed by atoms with van der Waals surface area (Å²) in [5.41, 5.74) is -0.223. The predicted octanol–water partition coefficient (Wildman–Crippen LogP) is 3.47. The first-order valence-electron chi connectivity index (χ1n) is 5.42. The van der Waals surface area contributed by atoms with Crippen molar-refractivity contribution in [3.05, 3.63) is 28.2 Å². The topological polar surface area (TPSA) is 70.3 Å². The molecule has 96 valence electrons. The molecule has 4 nitrogen and oxygen atoms in total. The zero-order valence-electron chi connectivity index (χ0n) is 10.2. The van der Waals surface area contributed by atoms with Crippen molar-refractivity contribution in [1.29, 1.82) is 5.26 Å². The fourth-order valence-electron chi connectivity index (χ4n) is 1.22. The molecule has 1 rings (SSSR count). The molecule has 0 radical (unpaired) electrons. The van der Waals surface area contributed by atoms with Crippen molar-refractivity contribution < 1.29 is 14.6 Å². The van der Waals surface area contributed by atoms with Gasteiger partial charge in [0.15, 0.2) is 0 Å². The molecule has 0 spiro atoms. The van der Waals surface area contributed by atoms with Crippen LogP contribution < -0.4 is 4.74 Å². The van der Waals surface area contributed by atoms with Crippen LogP contribution in [0.5, 0.6) is 5.75 Å². The highest BCUT2D eigenvalue weighted by molar-refractivity contribution is 9.10. The summed E-state index contributed by atoms with van der Waals surface area (Å²) in [6.45, 7) is 4.10. The molecule has 0 unspecified atom stereocenters. The van der Waals surface area contributed by atoms with Crippen molar-refractivity contribution in [3.63, 3.8) is 0 Å². The van der Waals surface area contributed by atoms with E-state index in [9.17, 15) is 4.79 Å². The van der Waals surface area contributed by atoms with E-state index in [0.717, 1.165) is 0 Å². The Kier molecular flexibility index (Phi) is 4.74. The molecule has 1 aromatic carbocycles. The summed E-state index contributed by atoms with van der Waals surface area (Å²) >= 11 is 3.26. The molecule has 5 heteroatoms. The minimum atomic E-state index is -0.979. The minimum absolute atomic E-state index is 0.201. The number of nitriles is 1. The number of carboxylic acids is 1. The number of ether oxygens (including phenoxy) is 1. The standard InChI is InChI=1S/C13H14BrNO3/c1-13(2,8-15)5-6-18-11-4-3-9(12(16)17)7-10(11)14/h3-4,7H,5-6H2,1-2H3,(H,16,17). The number of carbonyl (C=O) groups is 1. The molecule has 0 atom stereocenters. The van der Waals surface area contributed by atoms with Crippen molar-refractivity contribution in [3.8, 4) is 11.8 Å². The molecule has 0 bridgehead atoms. The van der Waals surface area contributed by atoms with Gasteiger partial charge in [-0.25, -0.2) is 4.79 Å². The molecule has 18 heavy (non-hydrogen) atoms. The van der Waals surface area contributed by atoms with Crippen LogP contribution in [0, 0.1) is 16.7 Å². The van der Waals surface area contributed by atoms with Gasteiger partial charge in [0.2, 0.25) is 0 Å². The molecule has 0 amide bonds. The molecule has 0 aromatic heterocycles. The van der Waals surface area contributed by atoms with Gasteiger partial charge < -0.3 is 9.84 Å². The van der Waals surface area contributed by atoms with E-state index in [-0.39, 0.29) is 5.56 Å². The highest BCUT2D eigenvalue weighted by Crippen LogP contribution is 2.27. The molecule has 0 fully saturated rings. The van der Waals surface area contributed by atoms with Gasteiger partial charge in [0, 0.05) is 0 Å². The maximum absolute atomic E-state index is 10.8. The zero-order chi connectivity index (χ0) is 13.8. The van der Waals surface area contributed by atoms with Gasteiger partial charge in [0.05, 0.1) is 28.1 Å². The van der Waals surface area contributed by atoms with E-state index in [0.29, 0.717) is 23.2 Å². The first-order valence-corrected chi connectivity index (χ1v) is 6.22. The van der Waals surface area contributed by atoms with Crippen LogP contribution in [0.4, 0.5) is 0 Å². The SMILES string of the molecule is CC(C)(C#N)CCOc1ccc(C(=O)O)cc1Br. The largest absolute Gasteiger partial charge is 0.492 e. The van der Waals surface area contributed by atoms with Crippen molar-refractivity contribution >= 4 is 21.9 Å². The summed E-state index contributed by atoms with van der Waals surface area (Å²) in [5, 5.41) is 17.7. The Morgan fingerprint density at radius 3 is 2.72 bits per heavy atom. The van der Waals surface area contributed by atoms with Gasteiger partial charge in [0.1, 0.15) is 5.75 Å². The quantitative estimate of drug-likeness (QED) is 0.904. The summed E-state index contributed by atoms with van der Waals surface area (Å²) in [4.78, 5) is 10.8. The zero-order valence-corrected chi connectivity index (χ0v) is 11.8. The number of benzene rings is 1. The Hall–Kier alpha value is -1.54. The van der Waals surface area contributed by atoms with E-state index in [1.807, 2.05) is 13.8 Å². The number of hydrogen-bond donors (Lipinski definition) is 1. The number of aromatic carboxylic acids is 1. The third-order valence-corrected chi connectivity index (χ3v) is 3.09.